The van der Waals surface area contributed by atoms with Crippen LogP contribution < -0.4 is 5.73 Å². The molecule has 0 spiro atoms. The zero-order valence-corrected chi connectivity index (χ0v) is 18.7. The fourth-order valence-electron chi connectivity index (χ4n) is 4.70. The van der Waals surface area contributed by atoms with Crippen LogP contribution in [0.4, 0.5) is 8.78 Å². The second-order valence-corrected chi connectivity index (χ2v) is 8.78. The summed E-state index contributed by atoms with van der Waals surface area (Å²) in [5.41, 5.74) is 10.3. The van der Waals surface area contributed by atoms with E-state index in [1.54, 1.807) is 18.2 Å². The van der Waals surface area contributed by atoms with Crippen molar-refractivity contribution < 1.29 is 18.7 Å². The first-order valence-corrected chi connectivity index (χ1v) is 11.0. The van der Waals surface area contributed by atoms with E-state index in [0.717, 1.165) is 41.8 Å². The van der Waals surface area contributed by atoms with E-state index in [-0.39, 0.29) is 22.9 Å². The molecule has 2 aliphatic carbocycles. The Balaban J connectivity index is 0.000000185. The lowest BCUT2D eigenvalue weighted by molar-refractivity contribution is 0.0836. The smallest absolute Gasteiger partial charge is 0.249 e. The van der Waals surface area contributed by atoms with E-state index in [0.29, 0.717) is 6.42 Å². The first-order valence-electron chi connectivity index (χ1n) is 11.0. The molecule has 7 heteroatoms. The van der Waals surface area contributed by atoms with Crippen molar-refractivity contribution in [3.8, 4) is 5.69 Å². The first-order chi connectivity index (χ1) is 15.7. The number of hydrogen-bond acceptors (Lipinski definition) is 3. The molecule has 33 heavy (non-hydrogen) atoms. The predicted octanol–water partition coefficient (Wildman–Crippen LogP) is 4.60. The van der Waals surface area contributed by atoms with Crippen LogP contribution in [-0.4, -0.2) is 26.9 Å². The lowest BCUT2D eigenvalue weighted by atomic mass is 9.74. The molecule has 0 bridgehead atoms. The molecule has 1 fully saturated rings. The van der Waals surface area contributed by atoms with Gasteiger partial charge in [0.1, 0.15) is 11.6 Å². The quantitative estimate of drug-likeness (QED) is 0.611. The van der Waals surface area contributed by atoms with Crippen LogP contribution >= 0.6 is 0 Å². The van der Waals surface area contributed by atoms with Crippen LogP contribution in [0.1, 0.15) is 53.9 Å². The second kappa shape index (κ2) is 8.90. The minimum Gasteiger partial charge on any atom is -0.392 e. The number of rotatable bonds is 3. The van der Waals surface area contributed by atoms with Crippen molar-refractivity contribution >= 4 is 12.0 Å². The molecule has 5 nitrogen and oxygen atoms in total. The van der Waals surface area contributed by atoms with Gasteiger partial charge in [-0.2, -0.15) is 5.10 Å². The third-order valence-corrected chi connectivity index (χ3v) is 6.70. The number of amides is 1. The number of fused-ring (bicyclic) bond motifs is 2. The Hall–Kier alpha value is -3.32. The summed E-state index contributed by atoms with van der Waals surface area (Å²) in [7, 11) is 0. The van der Waals surface area contributed by atoms with Crippen molar-refractivity contribution in [1.82, 2.24) is 9.78 Å². The molecule has 5 rings (SSSR count). The number of hydrogen-bond donors (Lipinski definition) is 2. The van der Waals surface area contributed by atoms with Crippen molar-refractivity contribution in [2.24, 2.45) is 11.1 Å². The molecule has 1 amide bonds. The number of aliphatic hydroxyl groups excluding tert-OH is 1. The average molecular weight is 452 g/mol. The monoisotopic (exact) mass is 451 g/mol. The highest BCUT2D eigenvalue weighted by Gasteiger charge is 2.44. The number of aromatic nitrogens is 2. The normalized spacial score (nSPS) is 20.9. The molecule has 1 heterocycles. The maximum absolute atomic E-state index is 13.1. The zero-order valence-electron chi connectivity index (χ0n) is 18.7. The highest BCUT2D eigenvalue weighted by atomic mass is 19.1. The summed E-state index contributed by atoms with van der Waals surface area (Å²) < 4.78 is 27.6. The number of nitrogens with zero attached hydrogens (tertiary/aromatic N) is 2. The largest absolute Gasteiger partial charge is 0.392 e. The molecule has 1 saturated carbocycles. The van der Waals surface area contributed by atoms with Gasteiger partial charge < -0.3 is 10.8 Å². The van der Waals surface area contributed by atoms with Crippen molar-refractivity contribution in [3.63, 3.8) is 0 Å². The summed E-state index contributed by atoms with van der Waals surface area (Å²) in [6, 6.07) is 10.4. The average Bonchev–Trinajstić information content (AvgIpc) is 3.32. The molecule has 1 aromatic heterocycles. The number of benzene rings is 2. The SMILES string of the molecule is CC12Cc3cnn(-c4ccc(F)cc4)c3C=C1CC[C@@H]2O.CCc1ccc(F)cc1C(N)=O. The van der Waals surface area contributed by atoms with Gasteiger partial charge in [0, 0.05) is 11.0 Å². The Morgan fingerprint density at radius 2 is 1.91 bits per heavy atom. The van der Waals surface area contributed by atoms with Gasteiger partial charge in [-0.1, -0.05) is 25.5 Å². The molecular formula is C26H27F2N3O2. The second-order valence-electron chi connectivity index (χ2n) is 8.78. The fraction of sp³-hybridized carbons (Fsp3) is 0.308. The maximum Gasteiger partial charge on any atom is 0.249 e. The van der Waals surface area contributed by atoms with E-state index >= 15 is 0 Å². The minimum atomic E-state index is -0.577. The lowest BCUT2D eigenvalue weighted by Crippen LogP contribution is -2.32. The van der Waals surface area contributed by atoms with E-state index in [1.165, 1.54) is 29.8 Å². The van der Waals surface area contributed by atoms with Crippen LogP contribution in [0.25, 0.3) is 11.8 Å². The van der Waals surface area contributed by atoms with Crippen LogP contribution in [0.2, 0.25) is 0 Å². The summed E-state index contributed by atoms with van der Waals surface area (Å²) in [4.78, 5) is 10.8. The number of primary amides is 1. The van der Waals surface area contributed by atoms with E-state index < -0.39 is 11.7 Å². The first kappa shape index (κ1) is 22.9. The van der Waals surface area contributed by atoms with Gasteiger partial charge >= 0.3 is 0 Å². The van der Waals surface area contributed by atoms with Crippen LogP contribution in [0.15, 0.2) is 54.2 Å². The molecule has 3 aromatic rings. The van der Waals surface area contributed by atoms with Crippen LogP contribution in [0.3, 0.4) is 0 Å². The molecule has 172 valence electrons. The van der Waals surface area contributed by atoms with Gasteiger partial charge in [-0.3, -0.25) is 4.79 Å². The number of aryl methyl sites for hydroxylation is 1. The van der Waals surface area contributed by atoms with Gasteiger partial charge in [0.2, 0.25) is 5.91 Å². The molecule has 2 aromatic carbocycles. The topological polar surface area (TPSA) is 81.1 Å². The summed E-state index contributed by atoms with van der Waals surface area (Å²) in [6.07, 6.45) is 7.01. The standard InChI is InChI=1S/C17H17FN2O.C9H10FNO/c1-17-9-11-10-19-20(14-5-3-13(18)4-6-14)15(11)8-12(17)2-7-16(17)21;1-2-6-3-4-7(10)5-8(6)9(11)12/h3-6,8,10,16,21H,2,7,9H2,1H3;3-5H,2H2,1H3,(H2,11,12)/t16-,17?;/m0./s1. The predicted molar refractivity (Wildman–Crippen MR) is 123 cm³/mol. The van der Waals surface area contributed by atoms with E-state index in [1.807, 2.05) is 17.8 Å². The molecule has 1 unspecified atom stereocenters. The molecule has 2 atom stereocenters. The number of aliphatic hydroxyl groups is 1. The fourth-order valence-corrected chi connectivity index (χ4v) is 4.70. The van der Waals surface area contributed by atoms with Gasteiger partial charge in [0.05, 0.1) is 23.7 Å². The van der Waals surface area contributed by atoms with Crippen LogP contribution in [0, 0.1) is 17.0 Å². The highest BCUT2D eigenvalue weighted by molar-refractivity contribution is 5.94. The molecular weight excluding hydrogens is 424 g/mol. The zero-order chi connectivity index (χ0) is 23.8. The van der Waals surface area contributed by atoms with E-state index in [4.69, 9.17) is 5.73 Å². The molecule has 3 N–H and O–H groups in total. The third-order valence-electron chi connectivity index (χ3n) is 6.70. The van der Waals surface area contributed by atoms with Crippen LogP contribution in [0.5, 0.6) is 0 Å². The van der Waals surface area contributed by atoms with Gasteiger partial charge in [0.25, 0.3) is 0 Å². The maximum atomic E-state index is 13.1. The van der Waals surface area contributed by atoms with Gasteiger partial charge in [-0.25, -0.2) is 13.5 Å². The Bertz CT molecular complexity index is 1220. The van der Waals surface area contributed by atoms with E-state index in [2.05, 4.69) is 18.1 Å². The molecule has 2 aliphatic rings. The summed E-state index contributed by atoms with van der Waals surface area (Å²) >= 11 is 0. The van der Waals surface area contributed by atoms with E-state index in [9.17, 15) is 18.7 Å². The molecule has 0 saturated heterocycles. The number of carbonyl (C=O) groups excluding carboxylic acids is 1. The summed E-state index contributed by atoms with van der Waals surface area (Å²) in [6.45, 7) is 4.02. The van der Waals surface area contributed by atoms with Crippen molar-refractivity contribution in [2.75, 3.05) is 0 Å². The number of nitrogens with two attached hydrogens (primary N) is 1. The minimum absolute atomic E-state index is 0.149. The Labute approximate surface area is 191 Å². The third kappa shape index (κ3) is 4.33. The van der Waals surface area contributed by atoms with Crippen molar-refractivity contribution in [1.29, 1.82) is 0 Å². The Kier molecular flexibility index (Phi) is 6.17. The van der Waals surface area contributed by atoms with Gasteiger partial charge in [0.15, 0.2) is 0 Å². The number of halogens is 2. The van der Waals surface area contributed by atoms with Gasteiger partial charge in [-0.15, -0.1) is 0 Å². The van der Waals surface area contributed by atoms with Gasteiger partial charge in [-0.05, 0) is 79.3 Å². The van der Waals surface area contributed by atoms with Crippen molar-refractivity contribution in [3.05, 3.63) is 88.3 Å². The summed E-state index contributed by atoms with van der Waals surface area (Å²) in [5.74, 6) is -1.25. The summed E-state index contributed by atoms with van der Waals surface area (Å²) in [5, 5.41) is 14.7. The Morgan fingerprint density at radius 3 is 2.58 bits per heavy atom. The molecule has 0 aliphatic heterocycles. The molecule has 0 radical (unpaired) electrons. The van der Waals surface area contributed by atoms with Crippen molar-refractivity contribution in [2.45, 2.75) is 45.6 Å². The Morgan fingerprint density at radius 1 is 1.21 bits per heavy atom. The lowest BCUT2D eigenvalue weighted by Gasteiger charge is -2.33. The number of carbonyl (C=O) groups is 1. The highest BCUT2D eigenvalue weighted by Crippen LogP contribution is 2.49. The van der Waals surface area contributed by atoms with Crippen LogP contribution in [-0.2, 0) is 12.8 Å².